The summed E-state index contributed by atoms with van der Waals surface area (Å²) in [6.45, 7) is 0. The molecule has 0 spiro atoms. The third-order valence-corrected chi connectivity index (χ3v) is 11.6. The van der Waals surface area contributed by atoms with E-state index in [0.717, 1.165) is 77.6 Å². The lowest BCUT2D eigenvalue weighted by Gasteiger charge is -2.11. The Bertz CT molecular complexity index is 3480. The van der Waals surface area contributed by atoms with Crippen LogP contribution in [0.3, 0.4) is 0 Å². The van der Waals surface area contributed by atoms with Crippen LogP contribution in [0, 0.1) is 11.3 Å². The summed E-state index contributed by atoms with van der Waals surface area (Å²) in [5, 5.41) is 11.4. The van der Waals surface area contributed by atoms with Crippen molar-refractivity contribution in [3.63, 3.8) is 0 Å². The van der Waals surface area contributed by atoms with Crippen LogP contribution in [0.15, 0.2) is 223 Å². The van der Waals surface area contributed by atoms with Crippen molar-refractivity contribution >= 4 is 21.9 Å². The smallest absolute Gasteiger partial charge is 0.164 e. The van der Waals surface area contributed by atoms with Crippen molar-refractivity contribution in [2.45, 2.75) is 0 Å². The van der Waals surface area contributed by atoms with Gasteiger partial charge in [0.15, 0.2) is 17.5 Å². The first-order valence-corrected chi connectivity index (χ1v) is 20.9. The van der Waals surface area contributed by atoms with Crippen LogP contribution >= 0.6 is 0 Å². The Morgan fingerprint density at radius 2 is 0.730 bits per heavy atom. The van der Waals surface area contributed by atoms with Gasteiger partial charge in [-0.25, -0.2) is 15.0 Å². The lowest BCUT2D eigenvalue weighted by Crippen LogP contribution is -2.00. The van der Waals surface area contributed by atoms with Gasteiger partial charge in [-0.1, -0.05) is 176 Å². The second kappa shape index (κ2) is 16.0. The van der Waals surface area contributed by atoms with Gasteiger partial charge in [-0.15, -0.1) is 0 Å². The Morgan fingerprint density at radius 3 is 1.33 bits per heavy atom. The molecule has 294 valence electrons. The predicted molar refractivity (Wildman–Crippen MR) is 255 cm³/mol. The van der Waals surface area contributed by atoms with Gasteiger partial charge in [0.1, 0.15) is 11.2 Å². The molecule has 5 nitrogen and oxygen atoms in total. The van der Waals surface area contributed by atoms with Crippen molar-refractivity contribution in [1.82, 2.24) is 15.0 Å². The molecule has 0 saturated heterocycles. The molecule has 2 aromatic heterocycles. The number of hydrogen-bond acceptors (Lipinski definition) is 5. The molecule has 5 heteroatoms. The van der Waals surface area contributed by atoms with E-state index in [9.17, 15) is 5.26 Å². The van der Waals surface area contributed by atoms with Gasteiger partial charge in [-0.05, 0) is 98.1 Å². The van der Waals surface area contributed by atoms with E-state index in [-0.39, 0.29) is 0 Å². The second-order valence-corrected chi connectivity index (χ2v) is 15.5. The first-order chi connectivity index (χ1) is 31.1. The lowest BCUT2D eigenvalue weighted by atomic mass is 9.96. The normalized spacial score (nSPS) is 11.2. The van der Waals surface area contributed by atoms with Gasteiger partial charge < -0.3 is 4.42 Å². The summed E-state index contributed by atoms with van der Waals surface area (Å²) < 4.78 is 6.60. The summed E-state index contributed by atoms with van der Waals surface area (Å²) in [5.41, 5.74) is 15.9. The van der Waals surface area contributed by atoms with Gasteiger partial charge in [0.2, 0.25) is 0 Å². The first-order valence-electron chi connectivity index (χ1n) is 20.9. The Morgan fingerprint density at radius 1 is 0.317 bits per heavy atom. The molecule has 0 unspecified atom stereocenters. The molecule has 11 aromatic rings. The van der Waals surface area contributed by atoms with E-state index in [2.05, 4.69) is 164 Å². The van der Waals surface area contributed by atoms with Crippen molar-refractivity contribution in [1.29, 1.82) is 5.26 Å². The molecule has 2 heterocycles. The Balaban J connectivity index is 1.000. The fourth-order valence-corrected chi connectivity index (χ4v) is 8.34. The van der Waals surface area contributed by atoms with Crippen LogP contribution in [0.1, 0.15) is 5.56 Å². The summed E-state index contributed by atoms with van der Waals surface area (Å²) >= 11 is 0. The molecule has 0 aliphatic heterocycles. The maximum atomic E-state index is 9.30. The molecular weight excluding hydrogens is 769 g/mol. The highest BCUT2D eigenvalue weighted by molar-refractivity contribution is 6.13. The minimum Gasteiger partial charge on any atom is -0.456 e. The second-order valence-electron chi connectivity index (χ2n) is 15.5. The molecule has 11 rings (SSSR count). The highest BCUT2D eigenvalue weighted by Gasteiger charge is 2.18. The third-order valence-electron chi connectivity index (χ3n) is 11.6. The van der Waals surface area contributed by atoms with E-state index in [0.29, 0.717) is 23.0 Å². The summed E-state index contributed by atoms with van der Waals surface area (Å²) in [6.07, 6.45) is 0. The van der Waals surface area contributed by atoms with Crippen molar-refractivity contribution < 1.29 is 4.42 Å². The van der Waals surface area contributed by atoms with Crippen LogP contribution < -0.4 is 0 Å². The maximum Gasteiger partial charge on any atom is 0.164 e. The van der Waals surface area contributed by atoms with E-state index >= 15 is 0 Å². The maximum absolute atomic E-state index is 9.30. The molecule has 0 aliphatic rings. The van der Waals surface area contributed by atoms with Crippen LogP contribution in [0.25, 0.3) is 112 Å². The van der Waals surface area contributed by atoms with Gasteiger partial charge in [-0.3, -0.25) is 0 Å². The predicted octanol–water partition coefficient (Wildman–Crippen LogP) is 15.0. The van der Waals surface area contributed by atoms with E-state index in [1.807, 2.05) is 60.7 Å². The topological polar surface area (TPSA) is 75.6 Å². The van der Waals surface area contributed by atoms with Crippen LogP contribution in [0.5, 0.6) is 0 Å². The largest absolute Gasteiger partial charge is 0.456 e. The molecule has 0 amide bonds. The van der Waals surface area contributed by atoms with E-state index in [4.69, 9.17) is 19.4 Å². The summed E-state index contributed by atoms with van der Waals surface area (Å²) in [7, 11) is 0. The SMILES string of the molecule is N#Cc1ccc(-c2ccc(-c3nc(-c4cccc(-c5ccc(-c6ccccc6)cc5)c4)nc(-c4ccc5c(c4)oc4cccc(-c6cccc(-c7ccccc7)c6)c45)n3)cc2)cc1. The van der Waals surface area contributed by atoms with E-state index < -0.39 is 0 Å². The minimum atomic E-state index is 0.543. The molecule has 9 aromatic carbocycles. The molecule has 0 bridgehead atoms. The zero-order valence-corrected chi connectivity index (χ0v) is 34.0. The number of benzene rings is 9. The molecule has 0 fully saturated rings. The molecule has 0 saturated carbocycles. The minimum absolute atomic E-state index is 0.543. The molecule has 0 N–H and O–H groups in total. The molecule has 0 atom stereocenters. The van der Waals surface area contributed by atoms with Gasteiger partial charge >= 0.3 is 0 Å². The average molecular weight is 805 g/mol. The van der Waals surface area contributed by atoms with E-state index in [1.165, 1.54) is 16.7 Å². The van der Waals surface area contributed by atoms with Crippen LogP contribution in [0.4, 0.5) is 0 Å². The number of aromatic nitrogens is 3. The van der Waals surface area contributed by atoms with Crippen molar-refractivity contribution in [2.75, 3.05) is 0 Å². The van der Waals surface area contributed by atoms with Gasteiger partial charge in [0.05, 0.1) is 11.6 Å². The number of rotatable bonds is 8. The summed E-state index contributed by atoms with van der Waals surface area (Å²) in [4.78, 5) is 15.4. The van der Waals surface area contributed by atoms with Gasteiger partial charge in [-0.2, -0.15) is 5.26 Å². The van der Waals surface area contributed by atoms with Crippen LogP contribution in [-0.4, -0.2) is 15.0 Å². The third kappa shape index (κ3) is 7.33. The monoisotopic (exact) mass is 804 g/mol. The quantitative estimate of drug-likeness (QED) is 0.153. The summed E-state index contributed by atoms with van der Waals surface area (Å²) in [5.74, 6) is 1.67. The highest BCUT2D eigenvalue weighted by atomic mass is 16.3. The number of hydrogen-bond donors (Lipinski definition) is 0. The Kier molecular flexibility index (Phi) is 9.50. The zero-order valence-electron chi connectivity index (χ0n) is 34.0. The van der Waals surface area contributed by atoms with Crippen LogP contribution in [0.2, 0.25) is 0 Å². The number of nitriles is 1. The van der Waals surface area contributed by atoms with Crippen molar-refractivity contribution in [3.05, 3.63) is 224 Å². The molecule has 0 radical (unpaired) electrons. The molecule has 63 heavy (non-hydrogen) atoms. The average Bonchev–Trinajstić information content (AvgIpc) is 3.75. The first kappa shape index (κ1) is 37.3. The fraction of sp³-hybridized carbons (Fsp3) is 0. The lowest BCUT2D eigenvalue weighted by molar-refractivity contribution is 0.669. The standard InChI is InChI=1S/C58H36N4O/c59-37-38-20-22-41(23-21-38)43-28-30-45(31-29-43)56-60-57(49-17-8-15-47(35-49)44-26-24-42(25-27-44)39-10-3-1-4-11-39)62-58(61-56)50-32-33-52-54(36-50)63-53-19-9-18-51(55(52)53)48-16-7-14-46(34-48)40-12-5-2-6-13-40/h1-36H. The zero-order chi connectivity index (χ0) is 42.1. The van der Waals surface area contributed by atoms with E-state index in [1.54, 1.807) is 0 Å². The molecule has 0 aliphatic carbocycles. The Labute approximate surface area is 364 Å². The van der Waals surface area contributed by atoms with Crippen molar-refractivity contribution in [2.24, 2.45) is 0 Å². The number of furan rings is 1. The number of nitrogens with zero attached hydrogens (tertiary/aromatic N) is 4. The highest BCUT2D eigenvalue weighted by Crippen LogP contribution is 2.39. The van der Waals surface area contributed by atoms with Crippen LogP contribution in [-0.2, 0) is 0 Å². The van der Waals surface area contributed by atoms with Gasteiger partial charge in [0, 0.05) is 27.5 Å². The van der Waals surface area contributed by atoms with Gasteiger partial charge in [0.25, 0.3) is 0 Å². The molecular formula is C58H36N4O. The number of fused-ring (bicyclic) bond motifs is 3. The van der Waals surface area contributed by atoms with Crippen molar-refractivity contribution in [3.8, 4) is 95.9 Å². The Hall–Kier alpha value is -8.72. The fourth-order valence-electron chi connectivity index (χ4n) is 8.34. The summed E-state index contributed by atoms with van der Waals surface area (Å²) in [6, 6.07) is 77.1.